The zero-order valence-corrected chi connectivity index (χ0v) is 15.9. The molecule has 0 saturated heterocycles. The average molecular weight is 432 g/mol. The van der Waals surface area contributed by atoms with E-state index in [1.165, 1.54) is 20.3 Å². The number of halogens is 1. The molecule has 3 rings (SSSR count). The van der Waals surface area contributed by atoms with Gasteiger partial charge in [-0.3, -0.25) is 9.89 Å². The fourth-order valence-corrected chi connectivity index (χ4v) is 3.00. The number of fused-ring (bicyclic) bond motifs is 1. The molecule has 0 unspecified atom stereocenters. The van der Waals surface area contributed by atoms with Crippen LogP contribution in [0.4, 0.5) is 5.69 Å². The van der Waals surface area contributed by atoms with Gasteiger partial charge in [-0.1, -0.05) is 15.9 Å². The van der Waals surface area contributed by atoms with Crippen molar-refractivity contribution in [3.8, 4) is 0 Å². The number of carbonyl (C=O) groups excluding carboxylic acids is 3. The zero-order chi connectivity index (χ0) is 19.6. The van der Waals surface area contributed by atoms with Crippen LogP contribution in [0.15, 0.2) is 40.9 Å². The summed E-state index contributed by atoms with van der Waals surface area (Å²) in [5.74, 6) is -1.56. The van der Waals surface area contributed by atoms with Crippen LogP contribution >= 0.6 is 15.9 Å². The molecule has 0 saturated carbocycles. The summed E-state index contributed by atoms with van der Waals surface area (Å²) in [5, 5.41) is 9.90. The third kappa shape index (κ3) is 3.82. The summed E-state index contributed by atoms with van der Waals surface area (Å²) < 4.78 is 9.94. The van der Waals surface area contributed by atoms with E-state index in [1.54, 1.807) is 30.3 Å². The Kier molecular flexibility index (Phi) is 5.22. The topological polar surface area (TPSA) is 110 Å². The van der Waals surface area contributed by atoms with E-state index in [-0.39, 0.29) is 16.8 Å². The Hall–Kier alpha value is -3.20. The number of aromatic amines is 1. The molecule has 1 heterocycles. The predicted molar refractivity (Wildman–Crippen MR) is 101 cm³/mol. The third-order valence-electron chi connectivity index (χ3n) is 3.78. The molecule has 9 heteroatoms. The number of rotatable bonds is 4. The van der Waals surface area contributed by atoms with Crippen LogP contribution in [-0.4, -0.2) is 42.3 Å². The molecule has 0 bridgehead atoms. The summed E-state index contributed by atoms with van der Waals surface area (Å²) in [4.78, 5) is 36.1. The van der Waals surface area contributed by atoms with Crippen molar-refractivity contribution in [2.24, 2.45) is 0 Å². The van der Waals surface area contributed by atoms with E-state index in [4.69, 9.17) is 4.74 Å². The van der Waals surface area contributed by atoms with Gasteiger partial charge in [0.1, 0.15) is 0 Å². The Morgan fingerprint density at radius 3 is 2.41 bits per heavy atom. The molecule has 2 aromatic carbocycles. The van der Waals surface area contributed by atoms with Gasteiger partial charge in [-0.2, -0.15) is 5.10 Å². The lowest BCUT2D eigenvalue weighted by Crippen LogP contribution is -2.13. The lowest BCUT2D eigenvalue weighted by atomic mass is 10.1. The van der Waals surface area contributed by atoms with Gasteiger partial charge < -0.3 is 14.8 Å². The van der Waals surface area contributed by atoms with Gasteiger partial charge in [-0.15, -0.1) is 0 Å². The lowest BCUT2D eigenvalue weighted by Gasteiger charge is -2.08. The largest absolute Gasteiger partial charge is 0.465 e. The van der Waals surface area contributed by atoms with Crippen LogP contribution in [0.25, 0.3) is 10.9 Å². The van der Waals surface area contributed by atoms with Crippen LogP contribution in [0.2, 0.25) is 0 Å². The Bertz CT molecular complexity index is 1060. The number of hydrogen-bond acceptors (Lipinski definition) is 6. The van der Waals surface area contributed by atoms with Gasteiger partial charge in [0.25, 0.3) is 5.91 Å². The van der Waals surface area contributed by atoms with Crippen LogP contribution < -0.4 is 5.32 Å². The monoisotopic (exact) mass is 431 g/mol. The third-order valence-corrected chi connectivity index (χ3v) is 4.24. The molecule has 0 spiro atoms. The standard InChI is InChI=1S/C18H14BrN3O5/c1-26-17(24)10-5-9(6-11(19)7-10)16(23)20-12-3-4-14-13(8-12)15(22-21-14)18(25)27-2/h3-8H,1-2H3,(H,20,23)(H,21,22). The zero-order valence-electron chi connectivity index (χ0n) is 14.3. The first-order valence-corrected chi connectivity index (χ1v) is 8.49. The molecule has 0 aliphatic carbocycles. The van der Waals surface area contributed by atoms with Crippen LogP contribution in [-0.2, 0) is 9.47 Å². The van der Waals surface area contributed by atoms with Crippen molar-refractivity contribution in [2.45, 2.75) is 0 Å². The van der Waals surface area contributed by atoms with Crippen molar-refractivity contribution in [1.29, 1.82) is 0 Å². The highest BCUT2D eigenvalue weighted by Gasteiger charge is 2.16. The number of benzene rings is 2. The molecular weight excluding hydrogens is 418 g/mol. The smallest absolute Gasteiger partial charge is 0.359 e. The van der Waals surface area contributed by atoms with E-state index < -0.39 is 17.8 Å². The number of esters is 2. The van der Waals surface area contributed by atoms with Gasteiger partial charge >= 0.3 is 11.9 Å². The predicted octanol–water partition coefficient (Wildman–Crippen LogP) is 3.15. The molecule has 0 fully saturated rings. The second kappa shape index (κ2) is 7.58. The van der Waals surface area contributed by atoms with E-state index in [2.05, 4.69) is 36.2 Å². The maximum atomic E-state index is 12.6. The molecule has 2 N–H and O–H groups in total. The number of ether oxygens (including phenoxy) is 2. The normalized spacial score (nSPS) is 10.5. The van der Waals surface area contributed by atoms with E-state index in [9.17, 15) is 14.4 Å². The Labute approximate surface area is 162 Å². The lowest BCUT2D eigenvalue weighted by molar-refractivity contribution is 0.0589. The van der Waals surface area contributed by atoms with Crippen molar-refractivity contribution in [2.75, 3.05) is 19.5 Å². The number of carbonyl (C=O) groups is 3. The second-order valence-electron chi connectivity index (χ2n) is 5.50. The number of aromatic nitrogens is 2. The van der Waals surface area contributed by atoms with E-state index >= 15 is 0 Å². The van der Waals surface area contributed by atoms with Crippen molar-refractivity contribution < 1.29 is 23.9 Å². The summed E-state index contributed by atoms with van der Waals surface area (Å²) >= 11 is 3.27. The molecule has 0 aliphatic rings. The highest BCUT2D eigenvalue weighted by molar-refractivity contribution is 9.10. The SMILES string of the molecule is COC(=O)c1cc(Br)cc(C(=O)Nc2ccc3[nH]nc(C(=O)OC)c3c2)c1. The minimum absolute atomic E-state index is 0.124. The summed E-state index contributed by atoms with van der Waals surface area (Å²) in [5.41, 5.74) is 1.72. The minimum Gasteiger partial charge on any atom is -0.465 e. The van der Waals surface area contributed by atoms with Gasteiger partial charge in [-0.25, -0.2) is 9.59 Å². The van der Waals surface area contributed by atoms with Crippen LogP contribution in [0.3, 0.4) is 0 Å². The summed E-state index contributed by atoms with van der Waals surface area (Å²) in [7, 11) is 2.53. The van der Waals surface area contributed by atoms with Gasteiger partial charge in [0.2, 0.25) is 0 Å². The quantitative estimate of drug-likeness (QED) is 0.613. The van der Waals surface area contributed by atoms with Gasteiger partial charge in [0.05, 0.1) is 25.3 Å². The van der Waals surface area contributed by atoms with E-state index in [0.717, 1.165) is 0 Å². The number of hydrogen-bond donors (Lipinski definition) is 2. The summed E-state index contributed by atoms with van der Waals surface area (Å²) in [6.45, 7) is 0. The van der Waals surface area contributed by atoms with E-state index in [1.807, 2.05) is 0 Å². The first-order chi connectivity index (χ1) is 12.9. The fraction of sp³-hybridized carbons (Fsp3) is 0.111. The maximum Gasteiger partial charge on any atom is 0.359 e. The number of methoxy groups -OCH3 is 2. The molecule has 0 aliphatic heterocycles. The van der Waals surface area contributed by atoms with E-state index in [0.29, 0.717) is 21.1 Å². The second-order valence-corrected chi connectivity index (χ2v) is 6.41. The van der Waals surface area contributed by atoms with Crippen LogP contribution in [0.5, 0.6) is 0 Å². The molecule has 138 valence electrons. The molecule has 0 radical (unpaired) electrons. The van der Waals surface area contributed by atoms with Gasteiger partial charge in [0, 0.05) is 21.1 Å². The molecule has 27 heavy (non-hydrogen) atoms. The molecule has 1 aromatic heterocycles. The first-order valence-electron chi connectivity index (χ1n) is 7.69. The number of nitrogens with zero attached hydrogens (tertiary/aromatic N) is 1. The van der Waals surface area contributed by atoms with Crippen molar-refractivity contribution >= 4 is 50.4 Å². The van der Waals surface area contributed by atoms with Crippen molar-refractivity contribution in [3.63, 3.8) is 0 Å². The van der Waals surface area contributed by atoms with Gasteiger partial charge in [0.15, 0.2) is 5.69 Å². The molecule has 3 aromatic rings. The minimum atomic E-state index is -0.584. The number of H-pyrrole nitrogens is 1. The number of anilines is 1. The highest BCUT2D eigenvalue weighted by atomic mass is 79.9. The number of nitrogens with one attached hydrogen (secondary N) is 2. The Morgan fingerprint density at radius 1 is 1.00 bits per heavy atom. The molecule has 1 amide bonds. The van der Waals surface area contributed by atoms with Crippen LogP contribution in [0.1, 0.15) is 31.2 Å². The molecule has 8 nitrogen and oxygen atoms in total. The fourth-order valence-electron chi connectivity index (χ4n) is 2.50. The Morgan fingerprint density at radius 2 is 1.70 bits per heavy atom. The van der Waals surface area contributed by atoms with Crippen molar-refractivity contribution in [3.05, 3.63) is 57.7 Å². The summed E-state index contributed by atoms with van der Waals surface area (Å²) in [6.07, 6.45) is 0. The maximum absolute atomic E-state index is 12.6. The van der Waals surface area contributed by atoms with Crippen molar-refractivity contribution in [1.82, 2.24) is 10.2 Å². The van der Waals surface area contributed by atoms with Gasteiger partial charge in [-0.05, 0) is 36.4 Å². The highest BCUT2D eigenvalue weighted by Crippen LogP contribution is 2.23. The Balaban J connectivity index is 1.91. The van der Waals surface area contributed by atoms with Crippen LogP contribution in [0, 0.1) is 0 Å². The number of amides is 1. The summed E-state index contributed by atoms with van der Waals surface area (Å²) in [6, 6.07) is 9.54. The average Bonchev–Trinajstić information content (AvgIpc) is 3.09. The molecule has 0 atom stereocenters. The first kappa shape index (κ1) is 18.6. The molecular formula is C18H14BrN3O5.